The molecule has 0 amide bonds. The standard InChI is InChI=1S/C22H25N7O.C2H6/c23-22-19(14-20(26-27-22)18-6-2-3-7-21(18)30)17-15-25-29(16-17)11-5-1-4-10-28-12-8-24-9-13-28;1-2/h2-3,6-7,14-16,24,30H,4,8-13H2,(H2,23,27);1-2H3. The molecular weight excluding hydrogens is 402 g/mol. The minimum atomic E-state index is 0.148. The number of aromatic nitrogens is 4. The van der Waals surface area contributed by atoms with Gasteiger partial charge in [0.25, 0.3) is 0 Å². The number of phenols is 1. The van der Waals surface area contributed by atoms with E-state index in [4.69, 9.17) is 5.73 Å². The van der Waals surface area contributed by atoms with E-state index in [2.05, 4.69) is 37.4 Å². The second kappa shape index (κ2) is 11.8. The Balaban J connectivity index is 0.00000141. The van der Waals surface area contributed by atoms with Gasteiger partial charge in [-0.1, -0.05) is 31.9 Å². The fraction of sp³-hybridized carbons (Fsp3) is 0.375. The van der Waals surface area contributed by atoms with Gasteiger partial charge in [-0.25, -0.2) is 0 Å². The molecule has 3 heterocycles. The molecule has 0 atom stereocenters. The quantitative estimate of drug-likeness (QED) is 0.531. The summed E-state index contributed by atoms with van der Waals surface area (Å²) in [6.45, 7) is 9.83. The van der Waals surface area contributed by atoms with Gasteiger partial charge < -0.3 is 16.2 Å². The minimum Gasteiger partial charge on any atom is -0.507 e. The molecule has 1 aromatic carbocycles. The Morgan fingerprint density at radius 3 is 2.66 bits per heavy atom. The third kappa shape index (κ3) is 6.06. The molecular formula is C24H31N7O. The zero-order chi connectivity index (χ0) is 22.8. The van der Waals surface area contributed by atoms with Crippen molar-refractivity contribution in [3.8, 4) is 40.0 Å². The zero-order valence-electron chi connectivity index (χ0n) is 18.8. The van der Waals surface area contributed by atoms with Crippen LogP contribution in [-0.2, 0) is 6.54 Å². The summed E-state index contributed by atoms with van der Waals surface area (Å²) < 4.78 is 1.78. The van der Waals surface area contributed by atoms with Crippen LogP contribution < -0.4 is 11.1 Å². The summed E-state index contributed by atoms with van der Waals surface area (Å²) >= 11 is 0. The van der Waals surface area contributed by atoms with Crippen LogP contribution in [0.5, 0.6) is 5.75 Å². The molecule has 3 aromatic rings. The molecule has 1 saturated heterocycles. The third-order valence-electron chi connectivity index (χ3n) is 5.08. The lowest BCUT2D eigenvalue weighted by Crippen LogP contribution is -2.43. The molecule has 0 saturated carbocycles. The summed E-state index contributed by atoms with van der Waals surface area (Å²) in [5.41, 5.74) is 8.76. The Morgan fingerprint density at radius 1 is 1.09 bits per heavy atom. The first kappa shape index (κ1) is 23.3. The van der Waals surface area contributed by atoms with E-state index in [1.165, 1.54) is 0 Å². The van der Waals surface area contributed by atoms with Gasteiger partial charge >= 0.3 is 0 Å². The van der Waals surface area contributed by atoms with Crippen LogP contribution in [0.2, 0.25) is 0 Å². The fourth-order valence-corrected chi connectivity index (χ4v) is 3.42. The van der Waals surface area contributed by atoms with Crippen molar-refractivity contribution in [1.29, 1.82) is 0 Å². The van der Waals surface area contributed by atoms with Gasteiger partial charge in [0, 0.05) is 62.0 Å². The smallest absolute Gasteiger partial charge is 0.154 e. The van der Waals surface area contributed by atoms with E-state index in [9.17, 15) is 5.11 Å². The number of nitrogens with one attached hydrogen (secondary N) is 1. The van der Waals surface area contributed by atoms with E-state index < -0.39 is 0 Å². The van der Waals surface area contributed by atoms with Crippen LogP contribution in [0.4, 0.5) is 5.82 Å². The first-order valence-corrected chi connectivity index (χ1v) is 11.0. The van der Waals surface area contributed by atoms with Crippen LogP contribution in [-0.4, -0.2) is 62.7 Å². The van der Waals surface area contributed by atoms with Crippen molar-refractivity contribution < 1.29 is 5.11 Å². The van der Waals surface area contributed by atoms with Gasteiger partial charge in [0.1, 0.15) is 12.3 Å². The molecule has 8 heteroatoms. The third-order valence-corrected chi connectivity index (χ3v) is 5.08. The van der Waals surface area contributed by atoms with E-state index in [0.717, 1.165) is 50.3 Å². The minimum absolute atomic E-state index is 0.148. The van der Waals surface area contributed by atoms with Crippen molar-refractivity contribution >= 4 is 5.82 Å². The molecule has 2 aromatic heterocycles. The molecule has 0 bridgehead atoms. The van der Waals surface area contributed by atoms with E-state index in [1.807, 2.05) is 32.2 Å². The number of phenolic OH excluding ortho intramolecular Hbond substituents is 1. The van der Waals surface area contributed by atoms with E-state index in [1.54, 1.807) is 29.1 Å². The van der Waals surface area contributed by atoms with Crippen molar-refractivity contribution in [3.63, 3.8) is 0 Å². The van der Waals surface area contributed by atoms with Gasteiger partial charge in [0.05, 0.1) is 11.9 Å². The maximum absolute atomic E-state index is 10.1. The monoisotopic (exact) mass is 433 g/mol. The molecule has 32 heavy (non-hydrogen) atoms. The van der Waals surface area contributed by atoms with Crippen molar-refractivity contribution in [2.45, 2.75) is 26.8 Å². The van der Waals surface area contributed by atoms with Gasteiger partial charge in [-0.15, -0.1) is 16.1 Å². The van der Waals surface area contributed by atoms with Gasteiger partial charge in [-0.3, -0.25) is 9.58 Å². The Hall–Kier alpha value is -3.41. The van der Waals surface area contributed by atoms with Crippen molar-refractivity contribution in [2.24, 2.45) is 0 Å². The average molecular weight is 434 g/mol. The van der Waals surface area contributed by atoms with E-state index >= 15 is 0 Å². The van der Waals surface area contributed by atoms with E-state index in [-0.39, 0.29) is 5.75 Å². The van der Waals surface area contributed by atoms with Gasteiger partial charge in [-0.2, -0.15) is 5.10 Å². The predicted octanol–water partition coefficient (Wildman–Crippen LogP) is 2.62. The van der Waals surface area contributed by atoms with Gasteiger partial charge in [-0.05, 0) is 18.2 Å². The molecule has 4 rings (SSSR count). The van der Waals surface area contributed by atoms with Gasteiger partial charge in [0.2, 0.25) is 0 Å². The second-order valence-corrected chi connectivity index (χ2v) is 7.17. The van der Waals surface area contributed by atoms with Gasteiger partial charge in [0.15, 0.2) is 5.82 Å². The number of piperazine rings is 1. The number of benzene rings is 1. The number of aromatic hydroxyl groups is 1. The summed E-state index contributed by atoms with van der Waals surface area (Å²) in [6, 6.07) is 8.83. The van der Waals surface area contributed by atoms with E-state index in [0.29, 0.717) is 23.6 Å². The van der Waals surface area contributed by atoms with Crippen molar-refractivity contribution in [1.82, 2.24) is 30.2 Å². The highest BCUT2D eigenvalue weighted by molar-refractivity contribution is 5.78. The molecule has 1 aliphatic rings. The Morgan fingerprint density at radius 2 is 1.88 bits per heavy atom. The lowest BCUT2D eigenvalue weighted by atomic mass is 10.1. The first-order chi connectivity index (χ1) is 15.7. The summed E-state index contributed by atoms with van der Waals surface area (Å²) in [5, 5.41) is 26.0. The number of hydrogen-bond donors (Lipinski definition) is 3. The summed E-state index contributed by atoms with van der Waals surface area (Å²) in [5.74, 6) is 6.88. The molecule has 8 nitrogen and oxygen atoms in total. The lowest BCUT2D eigenvalue weighted by Gasteiger charge is -2.26. The highest BCUT2D eigenvalue weighted by Crippen LogP contribution is 2.31. The topological polar surface area (TPSA) is 105 Å². The van der Waals surface area contributed by atoms with Crippen LogP contribution in [0.15, 0.2) is 42.7 Å². The lowest BCUT2D eigenvalue weighted by molar-refractivity contribution is 0.246. The molecule has 168 valence electrons. The Bertz CT molecular complexity index is 1060. The Kier molecular flexibility index (Phi) is 8.61. The van der Waals surface area contributed by atoms with Crippen LogP contribution in [0.25, 0.3) is 22.4 Å². The maximum atomic E-state index is 10.1. The maximum Gasteiger partial charge on any atom is 0.154 e. The van der Waals surface area contributed by atoms with Crippen molar-refractivity contribution in [3.05, 3.63) is 42.7 Å². The number of nitrogens with two attached hydrogens (primary N) is 1. The molecule has 0 spiro atoms. The normalized spacial score (nSPS) is 13.6. The first-order valence-electron chi connectivity index (χ1n) is 11.0. The predicted molar refractivity (Wildman–Crippen MR) is 128 cm³/mol. The molecule has 4 N–H and O–H groups in total. The molecule has 0 unspecified atom stereocenters. The number of nitrogens with zero attached hydrogens (tertiary/aromatic N) is 5. The van der Waals surface area contributed by atoms with Crippen LogP contribution in [0.3, 0.4) is 0 Å². The molecule has 0 radical (unpaired) electrons. The van der Waals surface area contributed by atoms with Crippen LogP contribution in [0.1, 0.15) is 20.3 Å². The van der Waals surface area contributed by atoms with Crippen LogP contribution in [0, 0.1) is 11.8 Å². The SMILES string of the molecule is CC.Nc1nnc(-c2ccccc2O)cc1-c1cnn(CC#CCCN2CCNCC2)c1. The Labute approximate surface area is 189 Å². The van der Waals surface area contributed by atoms with Crippen molar-refractivity contribution in [2.75, 3.05) is 38.5 Å². The van der Waals surface area contributed by atoms with Crippen LogP contribution >= 0.6 is 0 Å². The number of nitrogen functional groups attached to an aromatic ring is 1. The highest BCUT2D eigenvalue weighted by Gasteiger charge is 2.12. The summed E-state index contributed by atoms with van der Waals surface area (Å²) in [7, 11) is 0. The average Bonchev–Trinajstić information content (AvgIpc) is 3.30. The number of rotatable bonds is 5. The number of para-hydroxylation sites is 1. The molecule has 1 aliphatic heterocycles. The highest BCUT2D eigenvalue weighted by atomic mass is 16.3. The second-order valence-electron chi connectivity index (χ2n) is 7.17. The molecule has 0 aliphatic carbocycles. The number of anilines is 1. The number of hydrogen-bond acceptors (Lipinski definition) is 7. The zero-order valence-corrected chi connectivity index (χ0v) is 18.8. The summed E-state index contributed by atoms with van der Waals surface area (Å²) in [6.07, 6.45) is 4.50. The molecule has 1 fully saturated rings. The largest absolute Gasteiger partial charge is 0.507 e. The summed E-state index contributed by atoms with van der Waals surface area (Å²) in [4.78, 5) is 2.43. The fourth-order valence-electron chi connectivity index (χ4n) is 3.42.